The van der Waals surface area contributed by atoms with E-state index in [0.29, 0.717) is 19.7 Å². The molecule has 1 fully saturated rings. The Kier molecular flexibility index (Phi) is 4.44. The van der Waals surface area contributed by atoms with Gasteiger partial charge in [-0.25, -0.2) is 4.79 Å². The van der Waals surface area contributed by atoms with E-state index < -0.39 is 0 Å². The number of carbonyl (C=O) groups excluding carboxylic acids is 1. The molecule has 0 unspecified atom stereocenters. The Morgan fingerprint density at radius 1 is 1.32 bits per heavy atom. The summed E-state index contributed by atoms with van der Waals surface area (Å²) in [7, 11) is 0. The normalized spacial score (nSPS) is 18.1. The van der Waals surface area contributed by atoms with Crippen LogP contribution in [0, 0.1) is 0 Å². The van der Waals surface area contributed by atoms with Crippen molar-refractivity contribution in [3.8, 4) is 0 Å². The van der Waals surface area contributed by atoms with Crippen molar-refractivity contribution < 1.29 is 14.1 Å². The average molecular weight is 341 g/mol. The van der Waals surface area contributed by atoms with Crippen LogP contribution in [0.3, 0.4) is 0 Å². The summed E-state index contributed by atoms with van der Waals surface area (Å²) in [5, 5.41) is 7.77. The monoisotopic (exact) mass is 341 g/mol. The van der Waals surface area contributed by atoms with E-state index in [1.54, 1.807) is 4.90 Å². The Balaban J connectivity index is 1.43. The topological polar surface area (TPSA) is 67.6 Å². The van der Waals surface area contributed by atoms with Crippen LogP contribution in [0.25, 0.3) is 0 Å². The lowest BCUT2D eigenvalue weighted by atomic mass is 9.96. The third-order valence-corrected chi connectivity index (χ3v) is 5.05. The highest BCUT2D eigenvalue weighted by Gasteiger charge is 2.24. The molecular weight excluding hydrogens is 318 g/mol. The number of amides is 1. The minimum atomic E-state index is -0.271. The summed E-state index contributed by atoms with van der Waals surface area (Å²) >= 11 is 0. The highest BCUT2D eigenvalue weighted by atomic mass is 16.6. The second-order valence-electron chi connectivity index (χ2n) is 6.70. The molecule has 6 nitrogen and oxygen atoms in total. The number of cyclic esters (lactones) is 1. The smallest absolute Gasteiger partial charge is 0.414 e. The molecule has 6 heteroatoms. The number of aromatic nitrogens is 1. The van der Waals surface area contributed by atoms with Crippen molar-refractivity contribution in [2.45, 2.75) is 45.2 Å². The van der Waals surface area contributed by atoms with Gasteiger partial charge in [-0.05, 0) is 43.9 Å². The molecule has 1 atom stereocenters. The zero-order valence-corrected chi connectivity index (χ0v) is 14.5. The molecule has 0 spiro atoms. The predicted octanol–water partition coefficient (Wildman–Crippen LogP) is 3.36. The molecule has 1 aromatic carbocycles. The Labute approximate surface area is 147 Å². The van der Waals surface area contributed by atoms with E-state index in [9.17, 15) is 4.79 Å². The number of fused-ring (bicyclic) bond motifs is 1. The van der Waals surface area contributed by atoms with Crippen LogP contribution in [0.5, 0.6) is 0 Å². The first kappa shape index (κ1) is 16.1. The maximum Gasteiger partial charge on any atom is 0.414 e. The number of benzene rings is 1. The molecule has 2 aliphatic rings. The van der Waals surface area contributed by atoms with Gasteiger partial charge in [0.05, 0.1) is 6.54 Å². The first-order valence-electron chi connectivity index (χ1n) is 8.96. The fourth-order valence-corrected chi connectivity index (χ4v) is 3.55. The summed E-state index contributed by atoms with van der Waals surface area (Å²) in [6.45, 7) is 3.87. The van der Waals surface area contributed by atoms with Crippen molar-refractivity contribution in [2.75, 3.05) is 18.1 Å². The number of rotatable bonds is 5. The third kappa shape index (κ3) is 3.26. The number of nitrogens with one attached hydrogen (secondary N) is 1. The fraction of sp³-hybridized carbons (Fsp3) is 0.474. The number of nitrogens with zero attached hydrogens (tertiary/aromatic N) is 2. The van der Waals surface area contributed by atoms with Crippen molar-refractivity contribution in [2.24, 2.45) is 0 Å². The Morgan fingerprint density at radius 2 is 2.20 bits per heavy atom. The van der Waals surface area contributed by atoms with E-state index in [-0.39, 0.29) is 12.1 Å². The van der Waals surface area contributed by atoms with Gasteiger partial charge in [-0.2, -0.15) is 0 Å². The van der Waals surface area contributed by atoms with Crippen molar-refractivity contribution in [1.82, 2.24) is 10.5 Å². The summed E-state index contributed by atoms with van der Waals surface area (Å²) in [5.41, 5.74) is 4.34. The molecule has 4 rings (SSSR count). The maximum absolute atomic E-state index is 11.7. The number of anilines is 1. The summed E-state index contributed by atoms with van der Waals surface area (Å²) in [5.74, 6) is 1.06. The van der Waals surface area contributed by atoms with Gasteiger partial charge in [-0.3, -0.25) is 4.90 Å². The minimum Gasteiger partial charge on any atom is -0.447 e. The second-order valence-corrected chi connectivity index (χ2v) is 6.70. The number of hydrogen-bond acceptors (Lipinski definition) is 5. The Hall–Kier alpha value is -2.34. The van der Waals surface area contributed by atoms with E-state index in [2.05, 4.69) is 23.5 Å². The van der Waals surface area contributed by atoms with E-state index in [0.717, 1.165) is 35.5 Å². The summed E-state index contributed by atoms with van der Waals surface area (Å²) < 4.78 is 10.5. The van der Waals surface area contributed by atoms with Crippen molar-refractivity contribution >= 4 is 11.8 Å². The lowest BCUT2D eigenvalue weighted by Crippen LogP contribution is -2.24. The second kappa shape index (κ2) is 6.88. The maximum atomic E-state index is 11.7. The quantitative estimate of drug-likeness (QED) is 0.903. The van der Waals surface area contributed by atoms with Gasteiger partial charge in [-0.15, -0.1) is 0 Å². The summed E-state index contributed by atoms with van der Waals surface area (Å²) in [4.78, 5) is 13.4. The van der Waals surface area contributed by atoms with Crippen LogP contribution in [0.15, 0.2) is 28.8 Å². The fourth-order valence-electron chi connectivity index (χ4n) is 3.55. The van der Waals surface area contributed by atoms with Gasteiger partial charge >= 0.3 is 6.09 Å². The van der Waals surface area contributed by atoms with Gasteiger partial charge in [0.25, 0.3) is 0 Å². The van der Waals surface area contributed by atoms with Crippen LogP contribution in [0.4, 0.5) is 10.5 Å². The number of hydrogen-bond donors (Lipinski definition) is 1. The molecule has 1 aliphatic carbocycles. The van der Waals surface area contributed by atoms with Crippen LogP contribution in [0.1, 0.15) is 48.4 Å². The first-order valence-corrected chi connectivity index (χ1v) is 8.96. The van der Waals surface area contributed by atoms with Crippen molar-refractivity contribution in [1.29, 1.82) is 0 Å². The van der Waals surface area contributed by atoms with Crippen LogP contribution in [-0.2, 0) is 24.1 Å². The summed E-state index contributed by atoms with van der Waals surface area (Å²) in [6, 6.07) is 8.18. The Morgan fingerprint density at radius 3 is 3.04 bits per heavy atom. The molecule has 25 heavy (non-hydrogen) atoms. The molecule has 1 amide bonds. The molecule has 2 aromatic rings. The van der Waals surface area contributed by atoms with Gasteiger partial charge in [-0.1, -0.05) is 17.3 Å². The Bertz CT molecular complexity index is 771. The highest BCUT2D eigenvalue weighted by Crippen LogP contribution is 2.26. The molecule has 1 N–H and O–H groups in total. The molecule has 1 saturated heterocycles. The molecular formula is C19H23N3O3. The van der Waals surface area contributed by atoms with Crippen LogP contribution >= 0.6 is 0 Å². The zero-order chi connectivity index (χ0) is 17.2. The largest absolute Gasteiger partial charge is 0.447 e. The molecule has 1 aromatic heterocycles. The third-order valence-electron chi connectivity index (χ3n) is 5.05. The van der Waals surface area contributed by atoms with E-state index in [4.69, 9.17) is 9.26 Å². The van der Waals surface area contributed by atoms with Crippen LogP contribution in [-0.4, -0.2) is 24.4 Å². The molecule has 1 aliphatic heterocycles. The molecule has 2 heterocycles. The van der Waals surface area contributed by atoms with Gasteiger partial charge < -0.3 is 14.6 Å². The standard InChI is InChI=1S/C19H23N3O3/c1-13(20-12-17-16-7-2-3-8-18(16)25-21-17)14-5-4-6-15(11-14)22-9-10-24-19(22)23/h4-6,11,13,20H,2-3,7-10,12H2,1H3/t13-/m1/s1. The molecule has 0 saturated carbocycles. The van der Waals surface area contributed by atoms with Crippen LogP contribution in [0.2, 0.25) is 0 Å². The lowest BCUT2D eigenvalue weighted by Gasteiger charge is -2.18. The van der Waals surface area contributed by atoms with E-state index >= 15 is 0 Å². The average Bonchev–Trinajstić information content (AvgIpc) is 3.26. The highest BCUT2D eigenvalue weighted by molar-refractivity contribution is 5.89. The minimum absolute atomic E-state index is 0.148. The zero-order valence-electron chi connectivity index (χ0n) is 14.5. The number of carbonyl (C=O) groups is 1. The molecule has 0 radical (unpaired) electrons. The van der Waals surface area contributed by atoms with Gasteiger partial charge in [0.15, 0.2) is 0 Å². The van der Waals surface area contributed by atoms with Gasteiger partial charge in [0.2, 0.25) is 0 Å². The summed E-state index contributed by atoms with van der Waals surface area (Å²) in [6.07, 6.45) is 4.21. The van der Waals surface area contributed by atoms with Crippen molar-refractivity contribution in [3.63, 3.8) is 0 Å². The lowest BCUT2D eigenvalue weighted by molar-refractivity contribution is 0.181. The van der Waals surface area contributed by atoms with E-state index in [1.165, 1.54) is 18.4 Å². The van der Waals surface area contributed by atoms with E-state index in [1.807, 2.05) is 18.2 Å². The first-order chi connectivity index (χ1) is 12.2. The SMILES string of the molecule is C[C@@H](NCc1noc2c1CCCC2)c1cccc(N2CCOC2=O)c1. The predicted molar refractivity (Wildman–Crippen MR) is 93.5 cm³/mol. The van der Waals surface area contributed by atoms with Gasteiger partial charge in [0, 0.05) is 30.3 Å². The number of ether oxygens (including phenoxy) is 1. The van der Waals surface area contributed by atoms with Crippen LogP contribution < -0.4 is 10.2 Å². The molecule has 0 bridgehead atoms. The van der Waals surface area contributed by atoms with Crippen molar-refractivity contribution in [3.05, 3.63) is 46.8 Å². The number of aryl methyl sites for hydroxylation is 1. The van der Waals surface area contributed by atoms with Gasteiger partial charge in [0.1, 0.15) is 18.1 Å². The molecule has 132 valence electrons.